The first-order valence-electron chi connectivity index (χ1n) is 7.46. The largest absolute Gasteiger partial charge is 0.489 e. The van der Waals surface area contributed by atoms with Crippen LogP contribution in [0.15, 0.2) is 18.2 Å². The van der Waals surface area contributed by atoms with Crippen LogP contribution >= 0.6 is 11.6 Å². The molecule has 4 nitrogen and oxygen atoms in total. The summed E-state index contributed by atoms with van der Waals surface area (Å²) in [4.78, 5) is 24.3. The minimum atomic E-state index is -0.566. The number of ether oxygens (including phenoxy) is 1. The van der Waals surface area contributed by atoms with E-state index in [1.807, 2.05) is 20.8 Å². The van der Waals surface area contributed by atoms with E-state index < -0.39 is 6.04 Å². The zero-order chi connectivity index (χ0) is 16.5. The first-order valence-corrected chi connectivity index (χ1v) is 7.84. The Balaban J connectivity index is 2.19. The van der Waals surface area contributed by atoms with Crippen LogP contribution in [0.3, 0.4) is 0 Å². The van der Waals surface area contributed by atoms with Gasteiger partial charge < -0.3 is 10.1 Å². The first kappa shape index (κ1) is 16.8. The lowest BCUT2D eigenvalue weighted by molar-refractivity contribution is -0.121. The normalized spacial score (nSPS) is 16.0. The molecule has 2 rings (SSSR count). The fraction of sp³-hybridized carbons (Fsp3) is 0.529. The summed E-state index contributed by atoms with van der Waals surface area (Å²) in [5.41, 5.74) is -0.0360. The predicted molar refractivity (Wildman–Crippen MR) is 86.5 cm³/mol. The highest BCUT2D eigenvalue weighted by Crippen LogP contribution is 2.34. The summed E-state index contributed by atoms with van der Waals surface area (Å²) in [6, 6.07) is 4.56. The Hall–Kier alpha value is -1.55. The van der Waals surface area contributed by atoms with Gasteiger partial charge in [0.1, 0.15) is 5.75 Å². The van der Waals surface area contributed by atoms with Gasteiger partial charge in [-0.3, -0.25) is 9.59 Å². The second-order valence-corrected chi connectivity index (χ2v) is 7.20. The molecule has 22 heavy (non-hydrogen) atoms. The number of halogens is 1. The Morgan fingerprint density at radius 2 is 1.95 bits per heavy atom. The third kappa shape index (κ3) is 4.01. The van der Waals surface area contributed by atoms with Crippen molar-refractivity contribution >= 4 is 23.3 Å². The molecular weight excluding hydrogens is 302 g/mol. The van der Waals surface area contributed by atoms with Gasteiger partial charge in [-0.15, -0.1) is 0 Å². The number of carbonyl (C=O) groups is 2. The Morgan fingerprint density at radius 3 is 2.45 bits per heavy atom. The molecule has 0 aromatic heterocycles. The molecule has 0 heterocycles. The van der Waals surface area contributed by atoms with Crippen LogP contribution in [0.25, 0.3) is 0 Å². The standard InChI is InChI=1S/C17H22ClNO3/c1-10(20)15(17(2,3)4)19-16(21)12-6-5-7-13(14(12)18)22-11-8-9-11/h5-7,11,15H,8-9H2,1-4H3,(H,19,21)/t15-/m1/s1. The van der Waals surface area contributed by atoms with Gasteiger partial charge in [0, 0.05) is 0 Å². The van der Waals surface area contributed by atoms with Crippen molar-refractivity contribution in [3.05, 3.63) is 28.8 Å². The van der Waals surface area contributed by atoms with Gasteiger partial charge in [-0.05, 0) is 37.3 Å². The van der Waals surface area contributed by atoms with Crippen molar-refractivity contribution in [1.29, 1.82) is 0 Å². The molecule has 1 aliphatic carbocycles. The Bertz CT molecular complexity index is 588. The van der Waals surface area contributed by atoms with E-state index in [0.717, 1.165) is 12.8 Å². The van der Waals surface area contributed by atoms with Crippen molar-refractivity contribution in [3.8, 4) is 5.75 Å². The maximum atomic E-state index is 12.5. The molecule has 1 aliphatic rings. The summed E-state index contributed by atoms with van der Waals surface area (Å²) in [5.74, 6) is 0.0793. The van der Waals surface area contributed by atoms with Crippen LogP contribution in [0.1, 0.15) is 50.9 Å². The van der Waals surface area contributed by atoms with Crippen LogP contribution in [0.2, 0.25) is 5.02 Å². The molecule has 0 saturated heterocycles. The lowest BCUT2D eigenvalue weighted by Crippen LogP contribution is -2.48. The average molecular weight is 324 g/mol. The monoisotopic (exact) mass is 323 g/mol. The molecule has 1 aromatic carbocycles. The van der Waals surface area contributed by atoms with E-state index in [1.54, 1.807) is 18.2 Å². The van der Waals surface area contributed by atoms with Gasteiger partial charge in [-0.2, -0.15) is 0 Å². The van der Waals surface area contributed by atoms with Gasteiger partial charge in [0.25, 0.3) is 5.91 Å². The Kier molecular flexibility index (Phi) is 4.81. The molecule has 0 radical (unpaired) electrons. The summed E-state index contributed by atoms with van der Waals surface area (Å²) in [6.07, 6.45) is 2.24. The second-order valence-electron chi connectivity index (χ2n) is 6.82. The van der Waals surface area contributed by atoms with Crippen LogP contribution in [-0.2, 0) is 4.79 Å². The zero-order valence-corrected chi connectivity index (χ0v) is 14.2. The summed E-state index contributed by atoms with van der Waals surface area (Å²) < 4.78 is 5.69. The molecule has 1 N–H and O–H groups in total. The SMILES string of the molecule is CC(=O)[C@@H](NC(=O)c1cccc(OC2CC2)c1Cl)C(C)(C)C. The maximum Gasteiger partial charge on any atom is 0.253 e. The maximum absolute atomic E-state index is 12.5. The van der Waals surface area contributed by atoms with Crippen molar-refractivity contribution in [2.24, 2.45) is 5.41 Å². The molecule has 0 aliphatic heterocycles. The van der Waals surface area contributed by atoms with E-state index in [2.05, 4.69) is 5.32 Å². The quantitative estimate of drug-likeness (QED) is 0.900. The molecule has 5 heteroatoms. The van der Waals surface area contributed by atoms with Crippen LogP contribution in [0, 0.1) is 5.41 Å². The highest BCUT2D eigenvalue weighted by Gasteiger charge is 2.31. The van der Waals surface area contributed by atoms with Crippen LogP contribution in [0.4, 0.5) is 0 Å². The second kappa shape index (κ2) is 6.29. The van der Waals surface area contributed by atoms with Gasteiger partial charge in [-0.25, -0.2) is 0 Å². The number of amides is 1. The number of nitrogens with one attached hydrogen (secondary N) is 1. The fourth-order valence-corrected chi connectivity index (χ4v) is 2.54. The molecule has 0 spiro atoms. The van der Waals surface area contributed by atoms with Gasteiger partial charge in [0.2, 0.25) is 0 Å². The fourth-order valence-electron chi connectivity index (χ4n) is 2.28. The van der Waals surface area contributed by atoms with Crippen molar-refractivity contribution < 1.29 is 14.3 Å². The van der Waals surface area contributed by atoms with Crippen LogP contribution in [-0.4, -0.2) is 23.8 Å². The van der Waals surface area contributed by atoms with Gasteiger partial charge in [-0.1, -0.05) is 38.4 Å². The summed E-state index contributed by atoms with van der Waals surface area (Å²) in [6.45, 7) is 7.21. The molecule has 1 aromatic rings. The predicted octanol–water partition coefficient (Wildman–Crippen LogP) is 3.61. The average Bonchev–Trinajstić information content (AvgIpc) is 3.20. The zero-order valence-electron chi connectivity index (χ0n) is 13.4. The Labute approximate surface area is 136 Å². The lowest BCUT2D eigenvalue weighted by atomic mass is 9.84. The van der Waals surface area contributed by atoms with Gasteiger partial charge >= 0.3 is 0 Å². The smallest absolute Gasteiger partial charge is 0.253 e. The molecule has 0 unspecified atom stereocenters. The van der Waals surface area contributed by atoms with Gasteiger partial charge in [0.15, 0.2) is 5.78 Å². The number of hydrogen-bond donors (Lipinski definition) is 1. The van der Waals surface area contributed by atoms with Crippen molar-refractivity contribution in [2.75, 3.05) is 0 Å². The molecule has 1 amide bonds. The van der Waals surface area contributed by atoms with Gasteiger partial charge in [0.05, 0.1) is 22.7 Å². The highest BCUT2D eigenvalue weighted by atomic mass is 35.5. The van der Waals surface area contributed by atoms with E-state index >= 15 is 0 Å². The number of carbonyl (C=O) groups excluding carboxylic acids is 2. The lowest BCUT2D eigenvalue weighted by Gasteiger charge is -2.29. The van der Waals surface area contributed by atoms with Crippen molar-refractivity contribution in [3.63, 3.8) is 0 Å². The number of hydrogen-bond acceptors (Lipinski definition) is 3. The van der Waals surface area contributed by atoms with E-state index in [9.17, 15) is 9.59 Å². The molecule has 120 valence electrons. The van der Waals surface area contributed by atoms with Crippen molar-refractivity contribution in [1.82, 2.24) is 5.32 Å². The molecule has 0 bridgehead atoms. The summed E-state index contributed by atoms with van der Waals surface area (Å²) in [5, 5.41) is 3.08. The number of Topliss-reactive ketones (excluding diaryl/α,β-unsaturated/α-hetero) is 1. The summed E-state index contributed by atoms with van der Waals surface area (Å²) in [7, 11) is 0. The van der Waals surface area contributed by atoms with E-state index in [1.165, 1.54) is 6.92 Å². The molecule has 1 fully saturated rings. The minimum absolute atomic E-state index is 0.0812. The number of rotatable bonds is 5. The number of benzene rings is 1. The van der Waals surface area contributed by atoms with E-state index in [4.69, 9.17) is 16.3 Å². The summed E-state index contributed by atoms with van der Waals surface area (Å²) >= 11 is 6.28. The minimum Gasteiger partial charge on any atom is -0.489 e. The Morgan fingerprint density at radius 1 is 1.32 bits per heavy atom. The molecular formula is C17H22ClNO3. The van der Waals surface area contributed by atoms with Crippen LogP contribution < -0.4 is 10.1 Å². The van der Waals surface area contributed by atoms with E-state index in [-0.39, 0.29) is 23.2 Å². The number of ketones is 1. The highest BCUT2D eigenvalue weighted by molar-refractivity contribution is 6.35. The van der Waals surface area contributed by atoms with Crippen molar-refractivity contribution in [2.45, 2.75) is 52.7 Å². The van der Waals surface area contributed by atoms with Crippen LogP contribution in [0.5, 0.6) is 5.75 Å². The third-order valence-electron chi connectivity index (χ3n) is 3.57. The molecule has 1 atom stereocenters. The molecule has 1 saturated carbocycles. The van der Waals surface area contributed by atoms with E-state index in [0.29, 0.717) is 16.3 Å². The first-order chi connectivity index (χ1) is 10.2. The topological polar surface area (TPSA) is 55.4 Å². The third-order valence-corrected chi connectivity index (χ3v) is 3.96.